The molecule has 0 saturated heterocycles. The molecule has 0 radical (unpaired) electrons. The lowest BCUT2D eigenvalue weighted by atomic mass is 9.72. The van der Waals surface area contributed by atoms with Crippen molar-refractivity contribution in [2.75, 3.05) is 4.90 Å². The van der Waals surface area contributed by atoms with Gasteiger partial charge in [-0.3, -0.25) is 0 Å². The van der Waals surface area contributed by atoms with Gasteiger partial charge in [0.15, 0.2) is 0 Å². The van der Waals surface area contributed by atoms with E-state index >= 15 is 0 Å². The average Bonchev–Trinajstić information content (AvgIpc) is 3.62. The standard InChI is InChI=1S/C64H70N2O3.C2H6/c1-13-15-17-39(14-2)36-65-53-34-44(66(42-24-20-40(21-25-42)63(9,10)37-61(3,4)5)43-26-22-41(23-27-43)64(11,12)38-62(6,7)8)28-29-48(53)56-49-19-16-18-45-46-30-32-50-58-51(60(68)69-59(50)67)33-31-47(57(46)58)52(55(45)49)35-54(56)65;1-2/h16,18-35,39H,13-15,17,36-38H2,1-12H3;1-2H3. The van der Waals surface area contributed by atoms with E-state index in [-0.39, 0.29) is 21.7 Å². The molecule has 1 aromatic heterocycles. The summed E-state index contributed by atoms with van der Waals surface area (Å²) in [7, 11) is 0. The molecule has 0 fully saturated rings. The molecule has 5 heteroatoms. The number of benzene rings is 8. The summed E-state index contributed by atoms with van der Waals surface area (Å²) in [5.41, 5.74) is 9.86. The van der Waals surface area contributed by atoms with Gasteiger partial charge in [0.1, 0.15) is 0 Å². The van der Waals surface area contributed by atoms with Gasteiger partial charge in [-0.25, -0.2) is 9.59 Å². The van der Waals surface area contributed by atoms with Crippen LogP contribution in [0.15, 0.2) is 115 Å². The average molecular weight is 945 g/mol. The van der Waals surface area contributed by atoms with Crippen molar-refractivity contribution in [2.45, 2.75) is 153 Å². The van der Waals surface area contributed by atoms with Crippen LogP contribution in [0, 0.1) is 16.7 Å². The minimum absolute atomic E-state index is 0.0223. The molecule has 71 heavy (non-hydrogen) atoms. The third kappa shape index (κ3) is 8.97. The van der Waals surface area contributed by atoms with Gasteiger partial charge in [-0.2, -0.15) is 0 Å². The lowest BCUT2D eigenvalue weighted by Gasteiger charge is -2.34. The minimum Gasteiger partial charge on any atom is -0.386 e. The number of fused-ring (bicyclic) bond motifs is 6. The summed E-state index contributed by atoms with van der Waals surface area (Å²) in [6.45, 7) is 33.0. The van der Waals surface area contributed by atoms with E-state index in [0.717, 1.165) is 69.8 Å². The normalized spacial score (nSPS) is 14.0. The Morgan fingerprint density at radius 3 is 1.52 bits per heavy atom. The van der Waals surface area contributed by atoms with Crippen LogP contribution in [0.25, 0.3) is 64.9 Å². The first-order chi connectivity index (χ1) is 33.7. The number of aromatic nitrogens is 1. The number of nitrogens with zero attached hydrogens (tertiary/aromatic N) is 2. The number of esters is 2. The summed E-state index contributed by atoms with van der Waals surface area (Å²) in [4.78, 5) is 28.8. The van der Waals surface area contributed by atoms with Gasteiger partial charge in [0.25, 0.3) is 0 Å². The van der Waals surface area contributed by atoms with Crippen LogP contribution in [0.2, 0.25) is 0 Å². The van der Waals surface area contributed by atoms with Crippen molar-refractivity contribution in [3.05, 3.63) is 138 Å². The molecule has 1 aliphatic rings. The van der Waals surface area contributed by atoms with E-state index in [9.17, 15) is 9.59 Å². The molecule has 368 valence electrons. The molecule has 10 rings (SSSR count). The molecule has 1 unspecified atom stereocenters. The first-order valence-electron chi connectivity index (χ1n) is 26.6. The fraction of sp³-hybridized carbons (Fsp3) is 0.394. The number of carbonyl (C=O) groups is 2. The Morgan fingerprint density at radius 1 is 0.507 bits per heavy atom. The summed E-state index contributed by atoms with van der Waals surface area (Å²) < 4.78 is 7.83. The van der Waals surface area contributed by atoms with Crippen LogP contribution in [-0.4, -0.2) is 16.5 Å². The highest BCUT2D eigenvalue weighted by atomic mass is 16.6. The molecular formula is C66H76N2O3. The number of ether oxygens (including phenoxy) is 1. The topological polar surface area (TPSA) is 51.5 Å². The maximum absolute atomic E-state index is 13.2. The molecule has 0 N–H and O–H groups in total. The molecule has 0 amide bonds. The van der Waals surface area contributed by atoms with Crippen molar-refractivity contribution in [3.63, 3.8) is 0 Å². The van der Waals surface area contributed by atoms with Crippen molar-refractivity contribution in [3.8, 4) is 0 Å². The Morgan fingerprint density at radius 2 is 1.00 bits per heavy atom. The van der Waals surface area contributed by atoms with Gasteiger partial charge >= 0.3 is 11.9 Å². The molecule has 0 saturated carbocycles. The van der Waals surface area contributed by atoms with Crippen LogP contribution in [0.5, 0.6) is 0 Å². The number of hydrogen-bond donors (Lipinski definition) is 0. The van der Waals surface area contributed by atoms with Crippen LogP contribution in [0.1, 0.15) is 167 Å². The van der Waals surface area contributed by atoms with Crippen LogP contribution in [-0.2, 0) is 22.1 Å². The second-order valence-electron chi connectivity index (χ2n) is 24.2. The zero-order valence-electron chi connectivity index (χ0n) is 45.1. The number of cyclic esters (lactones) is 2. The van der Waals surface area contributed by atoms with Gasteiger partial charge in [-0.1, -0.05) is 177 Å². The van der Waals surface area contributed by atoms with Gasteiger partial charge in [0, 0.05) is 39.8 Å². The van der Waals surface area contributed by atoms with Crippen LogP contribution >= 0.6 is 0 Å². The maximum Gasteiger partial charge on any atom is 0.346 e. The molecule has 5 nitrogen and oxygen atoms in total. The third-order valence-electron chi connectivity index (χ3n) is 15.3. The second-order valence-corrected chi connectivity index (χ2v) is 24.2. The summed E-state index contributed by atoms with van der Waals surface area (Å²) in [5.74, 6) is -0.669. The van der Waals surface area contributed by atoms with E-state index in [1.807, 2.05) is 32.0 Å². The Kier molecular flexibility index (Phi) is 12.9. The van der Waals surface area contributed by atoms with Crippen molar-refractivity contribution < 1.29 is 14.3 Å². The largest absolute Gasteiger partial charge is 0.386 e. The predicted octanol–water partition coefficient (Wildman–Crippen LogP) is 19.3. The lowest BCUT2D eigenvalue weighted by molar-refractivity contribution is 0.0391. The van der Waals surface area contributed by atoms with Crippen molar-refractivity contribution in [1.29, 1.82) is 0 Å². The monoisotopic (exact) mass is 945 g/mol. The number of carbonyl (C=O) groups excluding carboxylic acids is 2. The number of anilines is 3. The van der Waals surface area contributed by atoms with E-state index < -0.39 is 11.9 Å². The first kappa shape index (κ1) is 49.8. The summed E-state index contributed by atoms with van der Waals surface area (Å²) in [5, 5.41) is 10.9. The third-order valence-corrected chi connectivity index (χ3v) is 15.3. The molecule has 2 heterocycles. The number of unbranched alkanes of at least 4 members (excludes halogenated alkanes) is 1. The van der Waals surface area contributed by atoms with E-state index in [0.29, 0.717) is 22.4 Å². The fourth-order valence-electron chi connectivity index (χ4n) is 12.9. The Hall–Kier alpha value is -6.20. The molecule has 0 spiro atoms. The lowest BCUT2D eigenvalue weighted by Crippen LogP contribution is -2.25. The molecular weight excluding hydrogens is 869 g/mol. The Bertz CT molecular complexity index is 3370. The highest BCUT2D eigenvalue weighted by Gasteiger charge is 2.32. The smallest absolute Gasteiger partial charge is 0.346 e. The van der Waals surface area contributed by atoms with E-state index in [1.165, 1.54) is 63.0 Å². The van der Waals surface area contributed by atoms with E-state index in [1.54, 1.807) is 0 Å². The van der Waals surface area contributed by atoms with Crippen molar-refractivity contribution >= 4 is 93.9 Å². The molecule has 0 bridgehead atoms. The van der Waals surface area contributed by atoms with Gasteiger partial charge in [0.05, 0.1) is 22.2 Å². The van der Waals surface area contributed by atoms with Gasteiger partial charge in [0.2, 0.25) is 0 Å². The quantitative estimate of drug-likeness (QED) is 0.0500. The second kappa shape index (κ2) is 18.4. The van der Waals surface area contributed by atoms with Crippen LogP contribution < -0.4 is 4.90 Å². The van der Waals surface area contributed by atoms with Gasteiger partial charge in [-0.05, 0) is 150 Å². The summed E-state index contributed by atoms with van der Waals surface area (Å²) in [6, 6.07) is 42.8. The van der Waals surface area contributed by atoms with Crippen molar-refractivity contribution in [1.82, 2.24) is 4.57 Å². The fourth-order valence-corrected chi connectivity index (χ4v) is 12.9. The zero-order valence-corrected chi connectivity index (χ0v) is 45.1. The highest BCUT2D eigenvalue weighted by molar-refractivity contribution is 6.40. The zero-order chi connectivity index (χ0) is 50.9. The van der Waals surface area contributed by atoms with Crippen LogP contribution in [0.4, 0.5) is 17.1 Å². The van der Waals surface area contributed by atoms with Gasteiger partial charge < -0.3 is 14.2 Å². The van der Waals surface area contributed by atoms with E-state index in [4.69, 9.17) is 4.74 Å². The predicted molar refractivity (Wildman–Crippen MR) is 304 cm³/mol. The van der Waals surface area contributed by atoms with E-state index in [2.05, 4.69) is 190 Å². The summed E-state index contributed by atoms with van der Waals surface area (Å²) in [6.07, 6.45) is 6.80. The molecule has 1 atom stereocenters. The number of rotatable bonds is 13. The van der Waals surface area contributed by atoms with Crippen molar-refractivity contribution in [2.24, 2.45) is 16.7 Å². The highest BCUT2D eigenvalue weighted by Crippen LogP contribution is 2.49. The Balaban J connectivity index is 0.00000308. The molecule has 9 aromatic rings. The summed E-state index contributed by atoms with van der Waals surface area (Å²) >= 11 is 0. The Labute approximate surface area is 422 Å². The molecule has 8 aromatic carbocycles. The first-order valence-corrected chi connectivity index (χ1v) is 26.6. The molecule has 0 aliphatic carbocycles. The van der Waals surface area contributed by atoms with Gasteiger partial charge in [-0.15, -0.1) is 0 Å². The number of hydrogen-bond acceptors (Lipinski definition) is 4. The molecule has 1 aliphatic heterocycles. The minimum atomic E-state index is -0.584. The SMILES string of the molecule is CC.CCCCC(CC)Cn1c2cc(N(c3ccc(C(C)(C)CC(C)(C)C)cc3)c3ccc(C(C)(C)CC(C)(C)C)cc3)ccc2c2c3cccc4c5ccc6c7c(ccc(c(cc21)c43)c75)C(=O)OC6=O. The van der Waals surface area contributed by atoms with Crippen LogP contribution in [0.3, 0.4) is 0 Å². The maximum atomic E-state index is 13.2.